The van der Waals surface area contributed by atoms with Gasteiger partial charge in [-0.05, 0) is 45.0 Å². The number of aryl methyl sites for hydroxylation is 1. The largest absolute Gasteiger partial charge is 0.375 e. The van der Waals surface area contributed by atoms with Crippen molar-refractivity contribution in [2.75, 3.05) is 51.3 Å². The van der Waals surface area contributed by atoms with Crippen LogP contribution in [-0.4, -0.2) is 78.0 Å². The minimum atomic E-state index is -0.296. The minimum absolute atomic E-state index is 0.0403. The van der Waals surface area contributed by atoms with Crippen molar-refractivity contribution in [3.63, 3.8) is 0 Å². The van der Waals surface area contributed by atoms with E-state index in [-0.39, 0.29) is 24.4 Å². The number of piperazine rings is 1. The van der Waals surface area contributed by atoms with E-state index < -0.39 is 0 Å². The van der Waals surface area contributed by atoms with Crippen LogP contribution in [0.4, 0.5) is 10.2 Å². The van der Waals surface area contributed by atoms with E-state index >= 15 is 0 Å². The summed E-state index contributed by atoms with van der Waals surface area (Å²) in [5.41, 5.74) is 2.54. The number of halogens is 1. The maximum absolute atomic E-state index is 14.1. The Bertz CT molecular complexity index is 908. The van der Waals surface area contributed by atoms with Gasteiger partial charge in [0.05, 0.1) is 17.9 Å². The van der Waals surface area contributed by atoms with Gasteiger partial charge in [-0.2, -0.15) is 5.10 Å². The molecule has 1 atom stereocenters. The highest BCUT2D eigenvalue weighted by Gasteiger charge is 2.28. The molecule has 0 spiro atoms. The third kappa shape index (κ3) is 5.30. The van der Waals surface area contributed by atoms with Crippen LogP contribution in [0.15, 0.2) is 24.3 Å². The lowest BCUT2D eigenvalue weighted by atomic mass is 10.1. The average molecular weight is 446 g/mol. The molecule has 0 bridgehead atoms. The van der Waals surface area contributed by atoms with Gasteiger partial charge in [0, 0.05) is 44.9 Å². The lowest BCUT2D eigenvalue weighted by Gasteiger charge is -2.37. The van der Waals surface area contributed by atoms with Crippen LogP contribution in [0, 0.1) is 12.7 Å². The summed E-state index contributed by atoms with van der Waals surface area (Å²) in [6.07, 6.45) is 0.844. The molecular weight excluding hydrogens is 409 g/mol. The van der Waals surface area contributed by atoms with Crippen LogP contribution in [0.25, 0.3) is 5.69 Å². The van der Waals surface area contributed by atoms with Crippen LogP contribution in [0.5, 0.6) is 0 Å². The second-order valence-corrected chi connectivity index (χ2v) is 8.41. The molecule has 8 heteroatoms. The first-order chi connectivity index (χ1) is 15.4. The number of methoxy groups -OCH3 is 1. The number of ether oxygens (including phenoxy) is 1. The van der Waals surface area contributed by atoms with Crippen molar-refractivity contribution in [3.05, 3.63) is 41.3 Å². The van der Waals surface area contributed by atoms with Crippen molar-refractivity contribution in [1.29, 1.82) is 0 Å². The Morgan fingerprint density at radius 1 is 1.25 bits per heavy atom. The minimum Gasteiger partial charge on any atom is -0.375 e. The standard InChI is InChI=1S/C24H36FN5O2/c1-6-18(3)29(23(31)17-32-5)16-22-19(4)26-30(21-10-8-9-20(25)15-21)24(22)28-13-11-27(7-2)12-14-28/h8-10,15,18H,6-7,11-14,16-17H2,1-5H3/t18-/m0/s1. The molecule has 1 aromatic carbocycles. The zero-order chi connectivity index (χ0) is 23.3. The number of likely N-dealkylation sites (N-methyl/N-ethyl adjacent to an activating group) is 1. The smallest absolute Gasteiger partial charge is 0.249 e. The van der Waals surface area contributed by atoms with Crippen molar-refractivity contribution in [2.45, 2.75) is 46.7 Å². The first-order valence-corrected chi connectivity index (χ1v) is 11.5. The van der Waals surface area contributed by atoms with E-state index in [0.29, 0.717) is 12.2 Å². The normalized spacial score (nSPS) is 15.8. The zero-order valence-corrected chi connectivity index (χ0v) is 20.0. The number of aromatic nitrogens is 2. The number of carbonyl (C=O) groups is 1. The van der Waals surface area contributed by atoms with Crippen molar-refractivity contribution in [2.24, 2.45) is 0 Å². The van der Waals surface area contributed by atoms with E-state index in [1.807, 2.05) is 22.6 Å². The number of hydrogen-bond acceptors (Lipinski definition) is 5. The number of rotatable bonds is 9. The Balaban J connectivity index is 2.05. The first-order valence-electron chi connectivity index (χ1n) is 11.5. The Kier molecular flexibility index (Phi) is 8.26. The van der Waals surface area contributed by atoms with Gasteiger partial charge < -0.3 is 19.4 Å². The maximum Gasteiger partial charge on any atom is 0.249 e. The number of nitrogens with zero attached hydrogens (tertiary/aromatic N) is 5. The zero-order valence-electron chi connectivity index (χ0n) is 20.0. The van der Waals surface area contributed by atoms with E-state index in [4.69, 9.17) is 9.84 Å². The first kappa shape index (κ1) is 24.2. The average Bonchev–Trinajstić information content (AvgIpc) is 3.13. The molecular formula is C24H36FN5O2. The van der Waals surface area contributed by atoms with Gasteiger partial charge >= 0.3 is 0 Å². The van der Waals surface area contributed by atoms with Crippen molar-refractivity contribution in [1.82, 2.24) is 19.6 Å². The van der Waals surface area contributed by atoms with Crippen molar-refractivity contribution < 1.29 is 13.9 Å². The highest BCUT2D eigenvalue weighted by molar-refractivity contribution is 5.78. The third-order valence-corrected chi connectivity index (χ3v) is 6.37. The van der Waals surface area contributed by atoms with Crippen LogP contribution >= 0.6 is 0 Å². The van der Waals surface area contributed by atoms with Crippen molar-refractivity contribution >= 4 is 11.7 Å². The number of amides is 1. The molecule has 32 heavy (non-hydrogen) atoms. The number of hydrogen-bond donors (Lipinski definition) is 0. The summed E-state index contributed by atoms with van der Waals surface area (Å²) in [5.74, 6) is 0.611. The maximum atomic E-state index is 14.1. The molecule has 176 valence electrons. The van der Waals surface area contributed by atoms with Crippen molar-refractivity contribution in [3.8, 4) is 5.69 Å². The Morgan fingerprint density at radius 3 is 2.56 bits per heavy atom. The molecule has 3 rings (SSSR count). The second kappa shape index (κ2) is 10.9. The van der Waals surface area contributed by atoms with Gasteiger partial charge in [0.15, 0.2) is 0 Å². The van der Waals surface area contributed by atoms with Crippen LogP contribution in [0.1, 0.15) is 38.4 Å². The summed E-state index contributed by atoms with van der Waals surface area (Å²) < 4.78 is 21.0. The van der Waals surface area contributed by atoms with Gasteiger partial charge in [0.1, 0.15) is 18.2 Å². The molecule has 1 saturated heterocycles. The van der Waals surface area contributed by atoms with E-state index in [1.54, 1.807) is 13.2 Å². The molecule has 2 aromatic rings. The molecule has 1 aliphatic heterocycles. The van der Waals surface area contributed by atoms with Crippen LogP contribution in [0.3, 0.4) is 0 Å². The molecule has 1 fully saturated rings. The quantitative estimate of drug-likeness (QED) is 0.593. The van der Waals surface area contributed by atoms with E-state index in [2.05, 4.69) is 30.6 Å². The van der Waals surface area contributed by atoms with E-state index in [0.717, 1.165) is 56.2 Å². The van der Waals surface area contributed by atoms with E-state index in [1.165, 1.54) is 12.1 Å². The highest BCUT2D eigenvalue weighted by atomic mass is 19.1. The van der Waals surface area contributed by atoms with Gasteiger partial charge in [-0.1, -0.05) is 19.9 Å². The summed E-state index contributed by atoms with van der Waals surface area (Å²) in [7, 11) is 1.54. The third-order valence-electron chi connectivity index (χ3n) is 6.37. The van der Waals surface area contributed by atoms with Gasteiger partial charge in [-0.15, -0.1) is 0 Å². The van der Waals surface area contributed by atoms with Crippen LogP contribution < -0.4 is 4.90 Å². The molecule has 1 amide bonds. The predicted octanol–water partition coefficient (Wildman–Crippen LogP) is 3.24. The highest BCUT2D eigenvalue weighted by Crippen LogP contribution is 2.30. The van der Waals surface area contributed by atoms with Crippen LogP contribution in [-0.2, 0) is 16.1 Å². The molecule has 1 aliphatic rings. The molecule has 0 saturated carbocycles. The number of carbonyl (C=O) groups excluding carboxylic acids is 1. The summed E-state index contributed by atoms with van der Waals surface area (Å²) >= 11 is 0. The second-order valence-electron chi connectivity index (χ2n) is 8.41. The fraction of sp³-hybridized carbons (Fsp3) is 0.583. The fourth-order valence-corrected chi connectivity index (χ4v) is 4.21. The summed E-state index contributed by atoms with van der Waals surface area (Å²) in [6, 6.07) is 6.58. The van der Waals surface area contributed by atoms with Gasteiger partial charge in [0.25, 0.3) is 0 Å². The number of anilines is 1. The molecule has 0 unspecified atom stereocenters. The number of benzene rings is 1. The molecule has 0 aliphatic carbocycles. The topological polar surface area (TPSA) is 53.8 Å². The van der Waals surface area contributed by atoms with Gasteiger partial charge in [-0.3, -0.25) is 4.79 Å². The molecule has 2 heterocycles. The van der Waals surface area contributed by atoms with Gasteiger partial charge in [0.2, 0.25) is 5.91 Å². The predicted molar refractivity (Wildman–Crippen MR) is 125 cm³/mol. The molecule has 0 radical (unpaired) electrons. The molecule has 7 nitrogen and oxygen atoms in total. The van der Waals surface area contributed by atoms with Crippen LogP contribution in [0.2, 0.25) is 0 Å². The Labute approximate surface area is 190 Å². The SMILES string of the molecule is CC[C@H](C)N(Cc1c(C)nn(-c2cccc(F)c2)c1N1CCN(CC)CC1)C(=O)COC. The van der Waals surface area contributed by atoms with E-state index in [9.17, 15) is 9.18 Å². The fourth-order valence-electron chi connectivity index (χ4n) is 4.21. The Hall–Kier alpha value is -2.45. The summed E-state index contributed by atoms with van der Waals surface area (Å²) in [4.78, 5) is 19.5. The molecule has 1 aromatic heterocycles. The Morgan fingerprint density at radius 2 is 1.97 bits per heavy atom. The lowest BCUT2D eigenvalue weighted by Crippen LogP contribution is -2.47. The lowest BCUT2D eigenvalue weighted by molar-refractivity contribution is -0.138. The monoisotopic (exact) mass is 445 g/mol. The summed E-state index contributed by atoms with van der Waals surface area (Å²) in [6.45, 7) is 13.4. The molecule has 0 N–H and O–H groups in total. The summed E-state index contributed by atoms with van der Waals surface area (Å²) in [5, 5.41) is 4.81. The van der Waals surface area contributed by atoms with Gasteiger partial charge in [-0.25, -0.2) is 9.07 Å².